The van der Waals surface area contributed by atoms with Crippen LogP contribution in [0.3, 0.4) is 0 Å². The van der Waals surface area contributed by atoms with E-state index < -0.39 is 0 Å². The van der Waals surface area contributed by atoms with Crippen LogP contribution in [0.5, 0.6) is 0 Å². The maximum absolute atomic E-state index is 11.1. The average Bonchev–Trinajstić information content (AvgIpc) is 2.87. The monoisotopic (exact) mass is 379 g/mol. The molecule has 0 bridgehead atoms. The van der Waals surface area contributed by atoms with Crippen LogP contribution in [0, 0.1) is 0 Å². The molecule has 0 radical (unpaired) electrons. The van der Waals surface area contributed by atoms with Gasteiger partial charge < -0.3 is 9.15 Å². The Kier molecular flexibility index (Phi) is 4.01. The number of esters is 1. The number of nitrogens with zero attached hydrogens (tertiary/aromatic N) is 1. The maximum atomic E-state index is 11.1. The molecule has 0 saturated carbocycles. The molecule has 0 spiro atoms. The second-order valence-electron chi connectivity index (χ2n) is 3.13. The van der Waals surface area contributed by atoms with Crippen LogP contribution in [0.25, 0.3) is 10.8 Å². The second kappa shape index (κ2) is 5.32. The lowest BCUT2D eigenvalue weighted by Gasteiger charge is -1.93. The van der Waals surface area contributed by atoms with Crippen molar-refractivity contribution in [3.63, 3.8) is 0 Å². The van der Waals surface area contributed by atoms with Gasteiger partial charge in [-0.2, -0.15) is 0 Å². The Morgan fingerprint density at radius 2 is 2.35 bits per heavy atom. The molecule has 0 aliphatic heterocycles. The van der Waals surface area contributed by atoms with Gasteiger partial charge in [-0.05, 0) is 31.9 Å². The number of carbonyl (C=O) groups is 1. The summed E-state index contributed by atoms with van der Waals surface area (Å²) in [5, 5.41) is 2.55. The fraction of sp³-hybridized carbons (Fsp3) is 0.200. The van der Waals surface area contributed by atoms with Gasteiger partial charge in [0, 0.05) is 11.4 Å². The molecule has 90 valence electrons. The number of thiazole rings is 1. The first kappa shape index (κ1) is 12.8. The van der Waals surface area contributed by atoms with Crippen LogP contribution in [-0.4, -0.2) is 18.1 Å². The standard InChI is InChI=1S/C10H7Br2NO3S/c1-15-8(14)2-5-4-17-10(13-5)7-3-6(11)9(12)16-7/h3-4H,2H2,1H3. The summed E-state index contributed by atoms with van der Waals surface area (Å²) in [5.74, 6) is 0.355. The molecule has 0 amide bonds. The van der Waals surface area contributed by atoms with Crippen molar-refractivity contribution in [1.82, 2.24) is 4.98 Å². The normalized spacial score (nSPS) is 10.5. The van der Waals surface area contributed by atoms with E-state index in [-0.39, 0.29) is 12.4 Å². The second-order valence-corrected chi connectivity index (χ2v) is 5.56. The molecular weight excluding hydrogens is 374 g/mol. The summed E-state index contributed by atoms with van der Waals surface area (Å²) in [6, 6.07) is 1.82. The summed E-state index contributed by atoms with van der Waals surface area (Å²) in [7, 11) is 1.36. The quantitative estimate of drug-likeness (QED) is 0.762. The minimum absolute atomic E-state index is 0.177. The molecule has 7 heteroatoms. The zero-order valence-corrected chi connectivity index (χ0v) is 12.7. The Morgan fingerprint density at radius 1 is 1.59 bits per heavy atom. The van der Waals surface area contributed by atoms with Gasteiger partial charge >= 0.3 is 5.97 Å². The number of hydrogen-bond donors (Lipinski definition) is 0. The third-order valence-corrected chi connectivity index (χ3v) is 4.58. The maximum Gasteiger partial charge on any atom is 0.311 e. The van der Waals surface area contributed by atoms with Crippen LogP contribution < -0.4 is 0 Å². The van der Waals surface area contributed by atoms with E-state index in [0.29, 0.717) is 16.1 Å². The zero-order valence-electron chi connectivity index (χ0n) is 8.70. The van der Waals surface area contributed by atoms with Gasteiger partial charge in [0.1, 0.15) is 0 Å². The van der Waals surface area contributed by atoms with Crippen molar-refractivity contribution in [2.24, 2.45) is 0 Å². The van der Waals surface area contributed by atoms with Crippen molar-refractivity contribution >= 4 is 49.2 Å². The van der Waals surface area contributed by atoms with E-state index in [9.17, 15) is 4.79 Å². The molecule has 2 aromatic rings. The third kappa shape index (κ3) is 2.97. The topological polar surface area (TPSA) is 52.3 Å². The molecular formula is C10H7Br2NO3S. The largest absolute Gasteiger partial charge is 0.469 e. The molecule has 0 atom stereocenters. The van der Waals surface area contributed by atoms with Gasteiger partial charge in [-0.15, -0.1) is 11.3 Å². The predicted molar refractivity (Wildman–Crippen MR) is 70.9 cm³/mol. The number of furan rings is 1. The van der Waals surface area contributed by atoms with E-state index in [1.165, 1.54) is 18.4 Å². The van der Waals surface area contributed by atoms with Crippen molar-refractivity contribution in [2.45, 2.75) is 6.42 Å². The van der Waals surface area contributed by atoms with E-state index in [1.807, 2.05) is 11.4 Å². The van der Waals surface area contributed by atoms with E-state index in [0.717, 1.165) is 9.48 Å². The Labute approximate surface area is 118 Å². The summed E-state index contributed by atoms with van der Waals surface area (Å²) < 4.78 is 11.5. The first-order chi connectivity index (χ1) is 8.10. The predicted octanol–water partition coefficient (Wildman–Crippen LogP) is 3.64. The lowest BCUT2D eigenvalue weighted by Crippen LogP contribution is -2.04. The van der Waals surface area contributed by atoms with E-state index in [2.05, 4.69) is 41.6 Å². The summed E-state index contributed by atoms with van der Waals surface area (Å²) in [5.41, 5.74) is 0.681. The lowest BCUT2D eigenvalue weighted by molar-refractivity contribution is -0.139. The van der Waals surface area contributed by atoms with E-state index >= 15 is 0 Å². The van der Waals surface area contributed by atoms with Crippen LogP contribution in [0.15, 0.2) is 25.0 Å². The molecule has 0 aromatic carbocycles. The van der Waals surface area contributed by atoms with E-state index in [4.69, 9.17) is 4.42 Å². The summed E-state index contributed by atoms with van der Waals surface area (Å²) >= 11 is 8.02. The van der Waals surface area contributed by atoms with Gasteiger partial charge in [-0.25, -0.2) is 4.98 Å². The molecule has 2 rings (SSSR count). The van der Waals surface area contributed by atoms with Gasteiger partial charge in [0.2, 0.25) is 0 Å². The summed E-state index contributed by atoms with van der Waals surface area (Å²) in [6.45, 7) is 0. The number of methoxy groups -OCH3 is 1. The fourth-order valence-electron chi connectivity index (χ4n) is 1.17. The van der Waals surface area contributed by atoms with Gasteiger partial charge in [0.25, 0.3) is 0 Å². The van der Waals surface area contributed by atoms with Crippen molar-refractivity contribution in [3.8, 4) is 10.8 Å². The molecule has 0 N–H and O–H groups in total. The molecule has 0 aliphatic rings. The van der Waals surface area contributed by atoms with Gasteiger partial charge in [-0.3, -0.25) is 4.79 Å². The number of ether oxygens (including phenoxy) is 1. The zero-order chi connectivity index (χ0) is 12.4. The molecule has 0 unspecified atom stereocenters. The molecule has 0 fully saturated rings. The van der Waals surface area contributed by atoms with Crippen molar-refractivity contribution in [3.05, 3.63) is 26.3 Å². The number of rotatable bonds is 3. The summed E-state index contributed by atoms with van der Waals surface area (Å²) in [6.07, 6.45) is 0.177. The SMILES string of the molecule is COC(=O)Cc1csc(-c2cc(Br)c(Br)o2)n1. The third-order valence-electron chi connectivity index (χ3n) is 1.96. The lowest BCUT2D eigenvalue weighted by atomic mass is 10.3. The van der Waals surface area contributed by atoms with Gasteiger partial charge in [0.05, 0.1) is 23.7 Å². The molecule has 2 heterocycles. The van der Waals surface area contributed by atoms with Crippen molar-refractivity contribution in [2.75, 3.05) is 7.11 Å². The van der Waals surface area contributed by atoms with Gasteiger partial charge in [-0.1, -0.05) is 0 Å². The molecule has 17 heavy (non-hydrogen) atoms. The number of carbonyl (C=O) groups excluding carboxylic acids is 1. The number of halogens is 2. The van der Waals surface area contributed by atoms with Crippen LogP contribution in [0.4, 0.5) is 0 Å². The molecule has 2 aromatic heterocycles. The highest BCUT2D eigenvalue weighted by Crippen LogP contribution is 2.34. The fourth-order valence-corrected chi connectivity index (χ4v) is 2.52. The van der Waals surface area contributed by atoms with Crippen LogP contribution in [0.1, 0.15) is 5.69 Å². The number of aromatic nitrogens is 1. The van der Waals surface area contributed by atoms with Crippen molar-refractivity contribution < 1.29 is 13.9 Å². The molecule has 4 nitrogen and oxygen atoms in total. The first-order valence-corrected chi connectivity index (χ1v) is 7.03. The summed E-state index contributed by atoms with van der Waals surface area (Å²) in [4.78, 5) is 15.4. The highest BCUT2D eigenvalue weighted by molar-refractivity contribution is 9.13. The van der Waals surface area contributed by atoms with Crippen molar-refractivity contribution in [1.29, 1.82) is 0 Å². The average molecular weight is 381 g/mol. The van der Waals surface area contributed by atoms with Crippen LogP contribution in [-0.2, 0) is 16.0 Å². The molecule has 0 saturated heterocycles. The minimum Gasteiger partial charge on any atom is -0.469 e. The Bertz CT molecular complexity index is 530. The van der Waals surface area contributed by atoms with Gasteiger partial charge in [0.15, 0.2) is 15.4 Å². The Hall–Kier alpha value is -0.660. The smallest absolute Gasteiger partial charge is 0.311 e. The van der Waals surface area contributed by atoms with Crippen LogP contribution >= 0.6 is 43.2 Å². The first-order valence-electron chi connectivity index (χ1n) is 4.56. The van der Waals surface area contributed by atoms with E-state index in [1.54, 1.807) is 0 Å². The molecule has 0 aliphatic carbocycles. The highest BCUT2D eigenvalue weighted by atomic mass is 79.9. The van der Waals surface area contributed by atoms with Crippen LogP contribution in [0.2, 0.25) is 0 Å². The number of hydrogen-bond acceptors (Lipinski definition) is 5. The Balaban J connectivity index is 2.20. The highest BCUT2D eigenvalue weighted by Gasteiger charge is 2.13. The minimum atomic E-state index is -0.302. The Morgan fingerprint density at radius 3 is 2.94 bits per heavy atom.